The summed E-state index contributed by atoms with van der Waals surface area (Å²) in [5, 5.41) is 3.50. The molecule has 28 heavy (non-hydrogen) atoms. The van der Waals surface area contributed by atoms with Gasteiger partial charge in [-0.05, 0) is 57.4 Å². The summed E-state index contributed by atoms with van der Waals surface area (Å²) in [7, 11) is 0. The minimum absolute atomic E-state index is 0.220. The summed E-state index contributed by atoms with van der Waals surface area (Å²) in [5.41, 5.74) is 2.29. The number of hydrogen-bond acceptors (Lipinski definition) is 6. The van der Waals surface area contributed by atoms with E-state index in [0.29, 0.717) is 25.6 Å². The second kappa shape index (κ2) is 9.39. The lowest BCUT2D eigenvalue weighted by molar-refractivity contribution is 0.0983. The highest BCUT2D eigenvalue weighted by Gasteiger charge is 2.24. The number of aryl methyl sites for hydroxylation is 1. The molecular weight excluding hydrogens is 354 g/mol. The van der Waals surface area contributed by atoms with Gasteiger partial charge in [0.1, 0.15) is 5.82 Å². The Morgan fingerprint density at radius 1 is 1.29 bits per heavy atom. The average Bonchev–Trinajstić information content (AvgIpc) is 2.70. The summed E-state index contributed by atoms with van der Waals surface area (Å²) >= 11 is 0. The van der Waals surface area contributed by atoms with Crippen LogP contribution in [0, 0.1) is 6.92 Å². The van der Waals surface area contributed by atoms with E-state index in [9.17, 15) is 4.79 Å². The molecule has 7 nitrogen and oxygen atoms in total. The van der Waals surface area contributed by atoms with Crippen LogP contribution in [0.5, 0.6) is 0 Å². The third-order valence-corrected chi connectivity index (χ3v) is 4.89. The zero-order valence-corrected chi connectivity index (χ0v) is 16.9. The third-order valence-electron chi connectivity index (χ3n) is 4.89. The summed E-state index contributed by atoms with van der Waals surface area (Å²) in [4.78, 5) is 24.9. The Balaban J connectivity index is 1.64. The number of nitrogens with zero attached hydrogens (tertiary/aromatic N) is 4. The molecule has 1 aromatic carbocycles. The van der Waals surface area contributed by atoms with Crippen molar-refractivity contribution in [3.05, 3.63) is 42.1 Å². The van der Waals surface area contributed by atoms with Crippen LogP contribution in [-0.2, 0) is 4.74 Å². The summed E-state index contributed by atoms with van der Waals surface area (Å²) in [6.45, 7) is 8.59. The molecule has 0 saturated carbocycles. The Kier molecular flexibility index (Phi) is 6.68. The average molecular weight is 383 g/mol. The minimum atomic E-state index is -0.220. The number of carbonyl (C=O) groups is 1. The molecule has 1 aliphatic rings. The SMILES string of the molecule is CCOC(=O)N1CCC(Nc2ccnc(N(CC)c3cccc(C)c3)n2)CC1. The molecule has 1 N–H and O–H groups in total. The maximum atomic E-state index is 11.8. The van der Waals surface area contributed by atoms with Gasteiger partial charge in [-0.3, -0.25) is 0 Å². The highest BCUT2D eigenvalue weighted by molar-refractivity contribution is 5.67. The van der Waals surface area contributed by atoms with Crippen molar-refractivity contribution in [3.63, 3.8) is 0 Å². The van der Waals surface area contributed by atoms with Crippen LogP contribution in [0.25, 0.3) is 0 Å². The smallest absolute Gasteiger partial charge is 0.409 e. The van der Waals surface area contributed by atoms with Gasteiger partial charge in [-0.1, -0.05) is 12.1 Å². The highest BCUT2D eigenvalue weighted by Crippen LogP contribution is 2.24. The summed E-state index contributed by atoms with van der Waals surface area (Å²) in [6.07, 6.45) is 3.31. The van der Waals surface area contributed by atoms with E-state index >= 15 is 0 Å². The van der Waals surface area contributed by atoms with Gasteiger partial charge in [0.25, 0.3) is 0 Å². The Hall–Kier alpha value is -2.83. The van der Waals surface area contributed by atoms with Crippen molar-refractivity contribution in [1.82, 2.24) is 14.9 Å². The van der Waals surface area contributed by atoms with E-state index in [1.807, 2.05) is 19.1 Å². The largest absolute Gasteiger partial charge is 0.450 e. The van der Waals surface area contributed by atoms with Gasteiger partial charge in [0, 0.05) is 37.6 Å². The quantitative estimate of drug-likeness (QED) is 0.814. The van der Waals surface area contributed by atoms with Gasteiger partial charge in [0.05, 0.1) is 6.61 Å². The van der Waals surface area contributed by atoms with Crippen LogP contribution in [0.1, 0.15) is 32.3 Å². The maximum absolute atomic E-state index is 11.8. The van der Waals surface area contributed by atoms with Crippen molar-refractivity contribution in [3.8, 4) is 0 Å². The lowest BCUT2D eigenvalue weighted by atomic mass is 10.1. The summed E-state index contributed by atoms with van der Waals surface area (Å²) < 4.78 is 5.08. The molecule has 150 valence electrons. The molecule has 1 saturated heterocycles. The van der Waals surface area contributed by atoms with E-state index in [2.05, 4.69) is 47.2 Å². The Morgan fingerprint density at radius 2 is 2.07 bits per heavy atom. The number of piperidine rings is 1. The van der Waals surface area contributed by atoms with Crippen molar-refractivity contribution in [2.45, 2.75) is 39.7 Å². The van der Waals surface area contributed by atoms with Gasteiger partial charge >= 0.3 is 6.09 Å². The standard InChI is InChI=1S/C21H29N5O2/c1-4-26(18-8-6-7-16(3)15-18)20-22-12-9-19(24-20)23-17-10-13-25(14-11-17)21(27)28-5-2/h6-9,12,15,17H,4-5,10-11,13-14H2,1-3H3,(H,22,23,24). The van der Waals surface area contributed by atoms with E-state index in [1.54, 1.807) is 11.1 Å². The number of likely N-dealkylation sites (tertiary alicyclic amines) is 1. The lowest BCUT2D eigenvalue weighted by Gasteiger charge is -2.32. The van der Waals surface area contributed by atoms with Gasteiger partial charge in [0.15, 0.2) is 0 Å². The van der Waals surface area contributed by atoms with Crippen molar-refractivity contribution in [2.75, 3.05) is 36.5 Å². The molecule has 2 aromatic rings. The lowest BCUT2D eigenvalue weighted by Crippen LogP contribution is -2.42. The number of nitrogens with one attached hydrogen (secondary N) is 1. The zero-order chi connectivity index (χ0) is 19.9. The van der Waals surface area contributed by atoms with Crippen LogP contribution >= 0.6 is 0 Å². The minimum Gasteiger partial charge on any atom is -0.450 e. The van der Waals surface area contributed by atoms with Gasteiger partial charge in [0.2, 0.25) is 5.95 Å². The van der Waals surface area contributed by atoms with Crippen molar-refractivity contribution < 1.29 is 9.53 Å². The number of hydrogen-bond donors (Lipinski definition) is 1. The summed E-state index contributed by atoms with van der Waals surface area (Å²) in [6, 6.07) is 10.5. The van der Waals surface area contributed by atoms with Gasteiger partial charge in [-0.25, -0.2) is 9.78 Å². The van der Waals surface area contributed by atoms with Gasteiger partial charge in [-0.2, -0.15) is 4.98 Å². The molecule has 0 aliphatic carbocycles. The molecule has 1 aliphatic heterocycles. The van der Waals surface area contributed by atoms with Crippen LogP contribution in [0.2, 0.25) is 0 Å². The van der Waals surface area contributed by atoms with Crippen LogP contribution in [0.3, 0.4) is 0 Å². The van der Waals surface area contributed by atoms with Crippen LogP contribution < -0.4 is 10.2 Å². The monoisotopic (exact) mass is 383 g/mol. The summed E-state index contributed by atoms with van der Waals surface area (Å²) in [5.74, 6) is 1.49. The molecule has 0 bridgehead atoms. The fraction of sp³-hybridized carbons (Fsp3) is 0.476. The van der Waals surface area contributed by atoms with Crippen LogP contribution in [-0.4, -0.2) is 53.2 Å². The topological polar surface area (TPSA) is 70.6 Å². The second-order valence-electron chi connectivity index (χ2n) is 6.93. The van der Waals surface area contributed by atoms with E-state index in [1.165, 1.54) is 5.56 Å². The first-order valence-electron chi connectivity index (χ1n) is 9.96. The Bertz CT molecular complexity index is 790. The Morgan fingerprint density at radius 3 is 2.75 bits per heavy atom. The van der Waals surface area contributed by atoms with Crippen molar-refractivity contribution >= 4 is 23.5 Å². The molecular formula is C21H29N5O2. The molecule has 1 aromatic heterocycles. The van der Waals surface area contributed by atoms with Crippen LogP contribution in [0.4, 0.5) is 22.2 Å². The number of carbonyl (C=O) groups excluding carboxylic acids is 1. The predicted octanol–water partition coefficient (Wildman–Crippen LogP) is 3.98. The van der Waals surface area contributed by atoms with Gasteiger partial charge < -0.3 is 19.9 Å². The molecule has 3 rings (SSSR count). The number of anilines is 3. The second-order valence-corrected chi connectivity index (χ2v) is 6.93. The first-order valence-corrected chi connectivity index (χ1v) is 9.96. The molecule has 7 heteroatoms. The molecule has 0 unspecified atom stereocenters. The van der Waals surface area contributed by atoms with E-state index in [4.69, 9.17) is 9.72 Å². The molecule has 0 radical (unpaired) electrons. The third kappa shape index (κ3) is 4.91. The fourth-order valence-electron chi connectivity index (χ4n) is 3.42. The Labute approximate surface area is 166 Å². The van der Waals surface area contributed by atoms with E-state index in [-0.39, 0.29) is 12.1 Å². The first kappa shape index (κ1) is 19.9. The van der Waals surface area contributed by atoms with Crippen LogP contribution in [0.15, 0.2) is 36.5 Å². The number of benzene rings is 1. The maximum Gasteiger partial charge on any atom is 0.409 e. The zero-order valence-electron chi connectivity index (χ0n) is 16.9. The van der Waals surface area contributed by atoms with Gasteiger partial charge in [-0.15, -0.1) is 0 Å². The number of ether oxygens (including phenoxy) is 1. The fourth-order valence-corrected chi connectivity index (χ4v) is 3.42. The van der Waals surface area contributed by atoms with Crippen molar-refractivity contribution in [2.24, 2.45) is 0 Å². The van der Waals surface area contributed by atoms with E-state index < -0.39 is 0 Å². The molecule has 0 spiro atoms. The molecule has 1 fully saturated rings. The molecule has 1 amide bonds. The normalized spacial score (nSPS) is 14.6. The predicted molar refractivity (Wildman–Crippen MR) is 111 cm³/mol. The number of rotatable bonds is 6. The molecule has 0 atom stereocenters. The first-order chi connectivity index (χ1) is 13.6. The van der Waals surface area contributed by atoms with E-state index in [0.717, 1.165) is 30.9 Å². The number of amides is 1. The highest BCUT2D eigenvalue weighted by atomic mass is 16.6. The van der Waals surface area contributed by atoms with Crippen molar-refractivity contribution in [1.29, 1.82) is 0 Å². The number of aromatic nitrogens is 2. The molecule has 2 heterocycles.